The third-order valence-electron chi connectivity index (χ3n) is 4.73. The molecule has 0 aliphatic carbocycles. The average Bonchev–Trinajstić information content (AvgIpc) is 2.85. The zero-order valence-corrected chi connectivity index (χ0v) is 22.2. The van der Waals surface area contributed by atoms with Gasteiger partial charge in [-0.25, -0.2) is 0 Å². The van der Waals surface area contributed by atoms with Crippen LogP contribution in [-0.4, -0.2) is 19.1 Å². The van der Waals surface area contributed by atoms with Gasteiger partial charge in [-0.3, -0.25) is 4.79 Å². The number of ether oxygens (including phenoxy) is 3. The quantitative estimate of drug-likeness (QED) is 0.156. The van der Waals surface area contributed by atoms with Gasteiger partial charge in [0.05, 0.1) is 16.8 Å². The highest BCUT2D eigenvalue weighted by Gasteiger charge is 2.14. The molecule has 6 nitrogen and oxygen atoms in total. The molecule has 8 heteroatoms. The van der Waals surface area contributed by atoms with E-state index in [1.165, 1.54) is 6.08 Å². The van der Waals surface area contributed by atoms with Crippen molar-refractivity contribution in [3.63, 3.8) is 0 Å². The molecule has 0 heterocycles. The van der Waals surface area contributed by atoms with Crippen LogP contribution in [0.1, 0.15) is 25.0 Å². The van der Waals surface area contributed by atoms with E-state index >= 15 is 0 Å². The van der Waals surface area contributed by atoms with Crippen LogP contribution in [0.25, 0.3) is 6.08 Å². The van der Waals surface area contributed by atoms with Crippen LogP contribution in [0.4, 0.5) is 5.69 Å². The number of nitriles is 1. The van der Waals surface area contributed by atoms with Crippen molar-refractivity contribution in [2.24, 2.45) is 0 Å². The number of benzene rings is 3. The zero-order valence-electron chi connectivity index (χ0n) is 19.3. The fraction of sp³-hybridized carbons (Fsp3) is 0.185. The molecule has 0 aliphatic rings. The number of carbonyl (C=O) groups excluding carboxylic acids is 1. The highest BCUT2D eigenvalue weighted by molar-refractivity contribution is 14.1. The number of hydrogen-bond donors (Lipinski definition) is 1. The van der Waals surface area contributed by atoms with Crippen molar-refractivity contribution in [2.45, 2.75) is 20.5 Å². The van der Waals surface area contributed by atoms with Crippen molar-refractivity contribution in [2.75, 3.05) is 18.5 Å². The van der Waals surface area contributed by atoms with Crippen molar-refractivity contribution in [1.82, 2.24) is 0 Å². The van der Waals surface area contributed by atoms with E-state index in [4.69, 9.17) is 25.8 Å². The van der Waals surface area contributed by atoms with Crippen LogP contribution in [0.5, 0.6) is 17.2 Å². The van der Waals surface area contributed by atoms with E-state index < -0.39 is 5.91 Å². The Kier molecular flexibility index (Phi) is 9.82. The van der Waals surface area contributed by atoms with E-state index in [0.717, 1.165) is 9.13 Å². The van der Waals surface area contributed by atoms with Crippen LogP contribution in [0, 0.1) is 14.9 Å². The minimum atomic E-state index is -0.510. The van der Waals surface area contributed by atoms with Crippen LogP contribution in [-0.2, 0) is 11.4 Å². The van der Waals surface area contributed by atoms with E-state index in [2.05, 4.69) is 27.9 Å². The first-order valence-corrected chi connectivity index (χ1v) is 12.4. The summed E-state index contributed by atoms with van der Waals surface area (Å²) in [4.78, 5) is 12.7. The van der Waals surface area contributed by atoms with Gasteiger partial charge in [0, 0.05) is 10.7 Å². The minimum Gasteiger partial charge on any atom is -0.490 e. The molecule has 0 spiro atoms. The maximum absolute atomic E-state index is 12.7. The molecule has 0 bridgehead atoms. The lowest BCUT2D eigenvalue weighted by Crippen LogP contribution is -2.13. The summed E-state index contributed by atoms with van der Waals surface area (Å²) in [6.45, 7) is 5.15. The number of nitrogens with one attached hydrogen (secondary N) is 1. The predicted octanol–water partition coefficient (Wildman–Crippen LogP) is 6.87. The second-order valence-corrected chi connectivity index (χ2v) is 8.86. The molecule has 0 saturated carbocycles. The minimum absolute atomic E-state index is 0.0320. The molecular formula is C27H24ClIN2O4. The summed E-state index contributed by atoms with van der Waals surface area (Å²) in [5.74, 6) is 1.36. The van der Waals surface area contributed by atoms with Gasteiger partial charge in [-0.15, -0.1) is 0 Å². The van der Waals surface area contributed by atoms with Gasteiger partial charge in [0.2, 0.25) is 0 Å². The van der Waals surface area contributed by atoms with Crippen LogP contribution >= 0.6 is 34.2 Å². The van der Waals surface area contributed by atoms with Crippen LogP contribution in [0.15, 0.2) is 66.2 Å². The lowest BCUT2D eigenvalue weighted by atomic mass is 10.1. The number of amides is 1. The molecule has 1 N–H and O–H groups in total. The molecule has 0 aromatic heterocycles. The topological polar surface area (TPSA) is 80.6 Å². The molecule has 3 aromatic rings. The number of hydrogen-bond acceptors (Lipinski definition) is 5. The SMILES string of the molecule is CCOc1cc(/C=C(\C#N)C(=O)Nc2ccc(OCc3ccc(Cl)cc3)cc2)cc(I)c1OCC. The second-order valence-electron chi connectivity index (χ2n) is 7.26. The average molecular weight is 603 g/mol. The van der Waals surface area contributed by atoms with Crippen molar-refractivity contribution in [3.8, 4) is 23.3 Å². The van der Waals surface area contributed by atoms with Gasteiger partial charge in [-0.2, -0.15) is 5.26 Å². The second kappa shape index (κ2) is 13.0. The Morgan fingerprint density at radius 1 is 1.03 bits per heavy atom. The number of carbonyl (C=O) groups is 1. The van der Waals surface area contributed by atoms with E-state index in [9.17, 15) is 10.1 Å². The Balaban J connectivity index is 1.69. The summed E-state index contributed by atoms with van der Waals surface area (Å²) in [6, 6.07) is 19.9. The Morgan fingerprint density at radius 3 is 2.34 bits per heavy atom. The van der Waals surface area contributed by atoms with Crippen molar-refractivity contribution >= 4 is 51.9 Å². The lowest BCUT2D eigenvalue weighted by Gasteiger charge is -2.13. The molecule has 3 aromatic carbocycles. The summed E-state index contributed by atoms with van der Waals surface area (Å²) in [5.41, 5.74) is 2.17. The molecule has 0 fully saturated rings. The van der Waals surface area contributed by atoms with Gasteiger partial charge in [0.25, 0.3) is 5.91 Å². The number of halogens is 2. The highest BCUT2D eigenvalue weighted by atomic mass is 127. The summed E-state index contributed by atoms with van der Waals surface area (Å²) < 4.78 is 18.0. The van der Waals surface area contributed by atoms with Gasteiger partial charge < -0.3 is 19.5 Å². The molecule has 1 amide bonds. The summed E-state index contributed by atoms with van der Waals surface area (Å²) >= 11 is 8.05. The largest absolute Gasteiger partial charge is 0.490 e. The van der Waals surface area contributed by atoms with Gasteiger partial charge in [0.1, 0.15) is 24.0 Å². The first kappa shape index (κ1) is 26.4. The van der Waals surface area contributed by atoms with Crippen molar-refractivity contribution < 1.29 is 19.0 Å². The predicted molar refractivity (Wildman–Crippen MR) is 146 cm³/mol. The fourth-order valence-corrected chi connectivity index (χ4v) is 4.02. The van der Waals surface area contributed by atoms with Crippen molar-refractivity contribution in [3.05, 3.63) is 86.0 Å². The van der Waals surface area contributed by atoms with E-state index in [1.807, 2.05) is 50.2 Å². The maximum atomic E-state index is 12.7. The van der Waals surface area contributed by atoms with Gasteiger partial charge in [0.15, 0.2) is 11.5 Å². The summed E-state index contributed by atoms with van der Waals surface area (Å²) in [7, 11) is 0. The number of rotatable bonds is 10. The molecule has 0 atom stereocenters. The Morgan fingerprint density at radius 2 is 1.71 bits per heavy atom. The summed E-state index contributed by atoms with van der Waals surface area (Å²) in [5, 5.41) is 13.0. The van der Waals surface area contributed by atoms with Gasteiger partial charge in [-0.05, 0) is 102 Å². The monoisotopic (exact) mass is 602 g/mol. The molecule has 3 rings (SSSR count). The van der Waals surface area contributed by atoms with E-state index in [0.29, 0.717) is 53.3 Å². The smallest absolute Gasteiger partial charge is 0.266 e. The Bertz CT molecular complexity index is 1240. The molecule has 35 heavy (non-hydrogen) atoms. The standard InChI is InChI=1S/C27H24ClIN2O4/c1-3-33-25-15-19(14-24(29)26(25)34-4-2)13-20(16-30)27(32)31-22-9-11-23(12-10-22)35-17-18-5-7-21(28)8-6-18/h5-15H,3-4,17H2,1-2H3,(H,31,32)/b20-13+. The molecule has 0 aliphatic heterocycles. The first-order valence-electron chi connectivity index (χ1n) is 10.9. The normalized spacial score (nSPS) is 10.9. The van der Waals surface area contributed by atoms with Crippen LogP contribution in [0.3, 0.4) is 0 Å². The van der Waals surface area contributed by atoms with E-state index in [1.54, 1.807) is 30.3 Å². The third-order valence-corrected chi connectivity index (χ3v) is 5.78. The zero-order chi connectivity index (χ0) is 25.2. The molecule has 180 valence electrons. The molecule has 0 radical (unpaired) electrons. The lowest BCUT2D eigenvalue weighted by molar-refractivity contribution is -0.112. The third kappa shape index (κ3) is 7.64. The van der Waals surface area contributed by atoms with Gasteiger partial charge >= 0.3 is 0 Å². The molecule has 0 unspecified atom stereocenters. The molecule has 0 saturated heterocycles. The van der Waals surface area contributed by atoms with Gasteiger partial charge in [-0.1, -0.05) is 23.7 Å². The van der Waals surface area contributed by atoms with Crippen molar-refractivity contribution in [1.29, 1.82) is 5.26 Å². The Labute approximate surface area is 223 Å². The number of anilines is 1. The van der Waals surface area contributed by atoms with Crippen LogP contribution in [0.2, 0.25) is 5.02 Å². The van der Waals surface area contributed by atoms with Crippen LogP contribution < -0.4 is 19.5 Å². The maximum Gasteiger partial charge on any atom is 0.266 e. The highest BCUT2D eigenvalue weighted by Crippen LogP contribution is 2.35. The number of nitrogens with zero attached hydrogens (tertiary/aromatic N) is 1. The molecular weight excluding hydrogens is 579 g/mol. The van der Waals surface area contributed by atoms with E-state index in [-0.39, 0.29) is 5.57 Å². The fourth-order valence-electron chi connectivity index (χ4n) is 3.11. The Hall–Kier alpha value is -3.22. The first-order chi connectivity index (χ1) is 16.9. The summed E-state index contributed by atoms with van der Waals surface area (Å²) in [6.07, 6.45) is 1.53.